The van der Waals surface area contributed by atoms with Gasteiger partial charge in [-0.15, -0.1) is 0 Å². The lowest BCUT2D eigenvalue weighted by molar-refractivity contribution is -0.171. The average Bonchev–Trinajstić information content (AvgIpc) is 2.71. The molecule has 3 nitrogen and oxygen atoms in total. The number of rotatable bonds is 10. The minimum absolute atomic E-state index is 0.0855. The summed E-state index contributed by atoms with van der Waals surface area (Å²) in [6.07, 6.45) is -0.505. The summed E-state index contributed by atoms with van der Waals surface area (Å²) in [5.74, 6) is -5.09. The molecule has 0 aromatic heterocycles. The third-order valence-electron chi connectivity index (χ3n) is 5.24. The molecule has 0 aliphatic heterocycles. The lowest BCUT2D eigenvalue weighted by Gasteiger charge is -2.43. The number of hydrogen-bond donors (Lipinski definition) is 0. The Morgan fingerprint density at radius 1 is 0.968 bits per heavy atom. The quantitative estimate of drug-likeness (QED) is 0.289. The molecule has 0 saturated carbocycles. The van der Waals surface area contributed by atoms with Crippen LogP contribution >= 0.6 is 0 Å². The third kappa shape index (κ3) is 5.89. The van der Waals surface area contributed by atoms with Crippen LogP contribution in [0.25, 0.3) is 0 Å². The standard InChI is InChI=1S/C25H32F2O3Si/c1-6-29-23(28)25(26,27)19-20(2)17-18-30-31(24(3,4)5,21-13-9-7-10-14-21)22-15-11-8-12-16-22/h7-16H,2,6,17-19H2,1,3-5H3. The van der Waals surface area contributed by atoms with E-state index in [0.29, 0.717) is 0 Å². The Bertz CT molecular complexity index is 822. The summed E-state index contributed by atoms with van der Waals surface area (Å²) < 4.78 is 39.3. The van der Waals surface area contributed by atoms with Gasteiger partial charge in [-0.2, -0.15) is 8.78 Å². The fraction of sp³-hybridized carbons (Fsp3) is 0.400. The second-order valence-corrected chi connectivity index (χ2v) is 12.9. The van der Waals surface area contributed by atoms with Gasteiger partial charge in [0, 0.05) is 13.0 Å². The second kappa shape index (κ2) is 10.3. The molecule has 2 aromatic carbocycles. The maximum absolute atomic E-state index is 14.1. The first kappa shape index (κ1) is 25.0. The normalized spacial score (nSPS) is 12.5. The van der Waals surface area contributed by atoms with Gasteiger partial charge >= 0.3 is 11.9 Å². The van der Waals surface area contributed by atoms with E-state index in [9.17, 15) is 13.6 Å². The Morgan fingerprint density at radius 3 is 1.87 bits per heavy atom. The Kier molecular flexibility index (Phi) is 8.32. The zero-order valence-electron chi connectivity index (χ0n) is 18.8. The van der Waals surface area contributed by atoms with E-state index in [1.807, 2.05) is 36.4 Å². The maximum atomic E-state index is 14.1. The van der Waals surface area contributed by atoms with Crippen molar-refractivity contribution in [2.24, 2.45) is 0 Å². The molecular formula is C25H32F2O3Si. The molecule has 6 heteroatoms. The van der Waals surface area contributed by atoms with Crippen LogP contribution in [0.3, 0.4) is 0 Å². The Morgan fingerprint density at radius 2 is 1.45 bits per heavy atom. The highest BCUT2D eigenvalue weighted by Crippen LogP contribution is 2.37. The van der Waals surface area contributed by atoms with Gasteiger partial charge in [-0.1, -0.05) is 93.6 Å². The van der Waals surface area contributed by atoms with Gasteiger partial charge in [0.25, 0.3) is 8.32 Å². The van der Waals surface area contributed by atoms with Gasteiger partial charge in [-0.25, -0.2) is 4.79 Å². The van der Waals surface area contributed by atoms with Gasteiger partial charge in [0.2, 0.25) is 0 Å². The van der Waals surface area contributed by atoms with Crippen LogP contribution < -0.4 is 10.4 Å². The number of alkyl halides is 2. The lowest BCUT2D eigenvalue weighted by Crippen LogP contribution is -2.66. The minimum atomic E-state index is -3.58. The predicted molar refractivity (Wildman–Crippen MR) is 124 cm³/mol. The first-order valence-electron chi connectivity index (χ1n) is 10.5. The van der Waals surface area contributed by atoms with E-state index in [4.69, 9.17) is 4.43 Å². The molecule has 0 spiro atoms. The summed E-state index contributed by atoms with van der Waals surface area (Å²) in [6.45, 7) is 11.9. The molecule has 0 saturated heterocycles. The van der Waals surface area contributed by atoms with E-state index in [0.717, 1.165) is 10.4 Å². The van der Waals surface area contributed by atoms with Gasteiger partial charge in [0.1, 0.15) is 0 Å². The van der Waals surface area contributed by atoms with Crippen molar-refractivity contribution in [2.75, 3.05) is 13.2 Å². The van der Waals surface area contributed by atoms with Crippen LogP contribution in [0.5, 0.6) is 0 Å². The van der Waals surface area contributed by atoms with E-state index >= 15 is 0 Å². The SMILES string of the molecule is C=C(CCO[Si](c1ccccc1)(c1ccccc1)C(C)(C)C)CC(F)(F)C(=O)OCC. The van der Waals surface area contributed by atoms with Crippen LogP contribution in [0.15, 0.2) is 72.8 Å². The van der Waals surface area contributed by atoms with Crippen molar-refractivity contribution in [3.05, 3.63) is 72.8 Å². The van der Waals surface area contributed by atoms with Crippen LogP contribution in [-0.4, -0.2) is 33.4 Å². The summed E-state index contributed by atoms with van der Waals surface area (Å²) in [5.41, 5.74) is 0.260. The molecule has 0 aliphatic rings. The summed E-state index contributed by atoms with van der Waals surface area (Å²) >= 11 is 0. The first-order chi connectivity index (χ1) is 14.5. The number of carbonyl (C=O) groups excluding carboxylic acids is 1. The molecule has 0 bridgehead atoms. The van der Waals surface area contributed by atoms with Crippen molar-refractivity contribution in [3.8, 4) is 0 Å². The van der Waals surface area contributed by atoms with Crippen LogP contribution in [-0.2, 0) is 14.0 Å². The molecule has 31 heavy (non-hydrogen) atoms. The predicted octanol–water partition coefficient (Wildman–Crippen LogP) is 5.10. The average molecular weight is 447 g/mol. The van der Waals surface area contributed by atoms with E-state index < -0.39 is 26.6 Å². The van der Waals surface area contributed by atoms with Gasteiger partial charge < -0.3 is 9.16 Å². The highest BCUT2D eigenvalue weighted by Gasteiger charge is 2.50. The Labute approximate surface area is 185 Å². The molecule has 2 rings (SSSR count). The van der Waals surface area contributed by atoms with E-state index in [1.165, 1.54) is 6.92 Å². The van der Waals surface area contributed by atoms with Crippen LogP contribution in [0.2, 0.25) is 5.04 Å². The van der Waals surface area contributed by atoms with Crippen molar-refractivity contribution in [1.82, 2.24) is 0 Å². The topological polar surface area (TPSA) is 35.5 Å². The van der Waals surface area contributed by atoms with Crippen LogP contribution in [0, 0.1) is 0 Å². The number of ether oxygens (including phenoxy) is 1. The molecule has 0 atom stereocenters. The molecule has 0 N–H and O–H groups in total. The molecule has 0 fully saturated rings. The Balaban J connectivity index is 2.26. The smallest absolute Gasteiger partial charge is 0.377 e. The van der Waals surface area contributed by atoms with Crippen molar-refractivity contribution in [2.45, 2.75) is 51.5 Å². The van der Waals surface area contributed by atoms with Gasteiger partial charge in [-0.05, 0) is 28.8 Å². The largest absolute Gasteiger partial charge is 0.462 e. The zero-order chi connectivity index (χ0) is 23.1. The summed E-state index contributed by atoms with van der Waals surface area (Å²) in [4.78, 5) is 11.5. The van der Waals surface area contributed by atoms with E-state index in [2.05, 4.69) is 56.4 Å². The fourth-order valence-electron chi connectivity index (χ4n) is 3.82. The molecule has 0 heterocycles. The zero-order valence-corrected chi connectivity index (χ0v) is 19.8. The van der Waals surface area contributed by atoms with E-state index in [-0.39, 0.29) is 30.2 Å². The number of hydrogen-bond acceptors (Lipinski definition) is 3. The number of esters is 1. The maximum Gasteiger partial charge on any atom is 0.377 e. The molecule has 2 aromatic rings. The third-order valence-corrected chi connectivity index (χ3v) is 10.3. The highest BCUT2D eigenvalue weighted by molar-refractivity contribution is 6.99. The molecule has 0 amide bonds. The van der Waals surface area contributed by atoms with Crippen molar-refractivity contribution >= 4 is 24.7 Å². The number of benzene rings is 2. The first-order valence-corrected chi connectivity index (χ1v) is 12.4. The summed E-state index contributed by atoms with van der Waals surface area (Å²) in [6, 6.07) is 20.2. The fourth-order valence-corrected chi connectivity index (χ4v) is 8.38. The van der Waals surface area contributed by atoms with Gasteiger partial charge in [0.15, 0.2) is 0 Å². The molecular weight excluding hydrogens is 414 g/mol. The molecule has 168 valence electrons. The van der Waals surface area contributed by atoms with Crippen molar-refractivity contribution in [3.63, 3.8) is 0 Å². The van der Waals surface area contributed by atoms with Crippen molar-refractivity contribution in [1.29, 1.82) is 0 Å². The molecule has 0 unspecified atom stereocenters. The highest BCUT2D eigenvalue weighted by atomic mass is 28.4. The molecule has 0 aliphatic carbocycles. The van der Waals surface area contributed by atoms with Gasteiger partial charge in [0.05, 0.1) is 6.61 Å². The molecule has 0 radical (unpaired) electrons. The number of carbonyl (C=O) groups is 1. The lowest BCUT2D eigenvalue weighted by atomic mass is 10.1. The Hall–Kier alpha value is -2.31. The van der Waals surface area contributed by atoms with Crippen LogP contribution in [0.4, 0.5) is 8.78 Å². The van der Waals surface area contributed by atoms with Crippen molar-refractivity contribution < 1.29 is 22.7 Å². The number of halogens is 2. The van der Waals surface area contributed by atoms with Crippen LogP contribution in [0.1, 0.15) is 40.5 Å². The second-order valence-electron chi connectivity index (χ2n) is 8.61. The minimum Gasteiger partial charge on any atom is -0.462 e. The van der Waals surface area contributed by atoms with E-state index in [1.54, 1.807) is 0 Å². The summed E-state index contributed by atoms with van der Waals surface area (Å²) in [7, 11) is -2.73. The summed E-state index contributed by atoms with van der Waals surface area (Å²) in [5, 5.41) is 2.04. The van der Waals surface area contributed by atoms with Gasteiger partial charge in [-0.3, -0.25) is 0 Å². The monoisotopic (exact) mass is 446 g/mol.